The van der Waals surface area contributed by atoms with Crippen molar-refractivity contribution in [2.45, 2.75) is 45.7 Å². The number of aromatic nitrogens is 2. The Balaban J connectivity index is 1.72. The lowest BCUT2D eigenvalue weighted by molar-refractivity contribution is -0.116. The van der Waals surface area contributed by atoms with Crippen LogP contribution in [0.25, 0.3) is 10.2 Å². The number of anilines is 1. The molecule has 0 bridgehead atoms. The van der Waals surface area contributed by atoms with Gasteiger partial charge in [-0.1, -0.05) is 17.7 Å². The summed E-state index contributed by atoms with van der Waals surface area (Å²) in [5.41, 5.74) is 2.91. The molecule has 6 nitrogen and oxygen atoms in total. The average molecular weight is 411 g/mol. The molecule has 0 saturated carbocycles. The topological polar surface area (TPSA) is 67.2 Å². The van der Waals surface area contributed by atoms with E-state index in [9.17, 15) is 9.59 Å². The molecule has 0 unspecified atom stereocenters. The molecule has 1 aliphatic carbocycles. The molecular formula is C22H26N4O2S. The molecule has 7 heteroatoms. The lowest BCUT2D eigenvalue weighted by Gasteiger charge is -2.16. The number of benzene rings is 1. The first-order valence-electron chi connectivity index (χ1n) is 9.97. The fraction of sp³-hybridized carbons (Fsp3) is 0.409. The van der Waals surface area contributed by atoms with Gasteiger partial charge < -0.3 is 10.2 Å². The molecule has 0 saturated heterocycles. The van der Waals surface area contributed by atoms with Crippen LogP contribution in [0.3, 0.4) is 0 Å². The highest BCUT2D eigenvalue weighted by Crippen LogP contribution is 2.33. The number of carbonyl (C=O) groups is 1. The number of carbonyl (C=O) groups excluding carboxylic acids is 1. The van der Waals surface area contributed by atoms with Gasteiger partial charge in [0.05, 0.1) is 11.9 Å². The Morgan fingerprint density at radius 3 is 2.66 bits per heavy atom. The number of amides is 1. The van der Waals surface area contributed by atoms with E-state index in [1.54, 1.807) is 15.9 Å². The van der Waals surface area contributed by atoms with E-state index in [4.69, 9.17) is 4.98 Å². The van der Waals surface area contributed by atoms with E-state index in [0.29, 0.717) is 12.4 Å². The monoisotopic (exact) mass is 410 g/mol. The minimum absolute atomic E-state index is 0.0383. The Kier molecular flexibility index (Phi) is 5.52. The summed E-state index contributed by atoms with van der Waals surface area (Å²) >= 11 is 1.64. The van der Waals surface area contributed by atoms with Gasteiger partial charge in [-0.2, -0.15) is 0 Å². The third-order valence-electron chi connectivity index (χ3n) is 5.25. The van der Waals surface area contributed by atoms with Crippen molar-refractivity contribution < 1.29 is 4.79 Å². The van der Waals surface area contributed by atoms with E-state index in [-0.39, 0.29) is 18.0 Å². The lowest BCUT2D eigenvalue weighted by Crippen LogP contribution is -2.33. The molecule has 0 atom stereocenters. The van der Waals surface area contributed by atoms with Crippen molar-refractivity contribution in [3.63, 3.8) is 0 Å². The Morgan fingerprint density at radius 1 is 1.21 bits per heavy atom. The fourth-order valence-electron chi connectivity index (χ4n) is 3.83. The molecule has 2 heterocycles. The summed E-state index contributed by atoms with van der Waals surface area (Å²) in [6.45, 7) is 2.47. The summed E-state index contributed by atoms with van der Waals surface area (Å²) < 4.78 is 1.55. The van der Waals surface area contributed by atoms with Crippen LogP contribution < -0.4 is 10.9 Å². The van der Waals surface area contributed by atoms with Gasteiger partial charge in [-0.3, -0.25) is 14.2 Å². The highest BCUT2D eigenvalue weighted by molar-refractivity contribution is 7.18. The van der Waals surface area contributed by atoms with Gasteiger partial charge >= 0.3 is 0 Å². The molecule has 0 fully saturated rings. The van der Waals surface area contributed by atoms with Gasteiger partial charge in [-0.25, -0.2) is 4.98 Å². The predicted octanol–water partition coefficient (Wildman–Crippen LogP) is 3.35. The number of rotatable bonds is 5. The van der Waals surface area contributed by atoms with Gasteiger partial charge in [-0.15, -0.1) is 11.3 Å². The molecule has 152 valence electrons. The molecule has 1 N–H and O–H groups in total. The lowest BCUT2D eigenvalue weighted by atomic mass is 9.97. The van der Waals surface area contributed by atoms with Gasteiger partial charge in [0.2, 0.25) is 5.91 Å². The Bertz CT molecular complexity index is 1110. The van der Waals surface area contributed by atoms with Crippen molar-refractivity contribution in [2.24, 2.45) is 0 Å². The molecule has 1 aliphatic rings. The van der Waals surface area contributed by atoms with Gasteiger partial charge in [0.15, 0.2) is 0 Å². The molecule has 4 rings (SSSR count). The number of nitrogens with one attached hydrogen (secondary N) is 1. The summed E-state index contributed by atoms with van der Waals surface area (Å²) in [5.74, 6) is 0.409. The van der Waals surface area contributed by atoms with Crippen molar-refractivity contribution in [3.8, 4) is 0 Å². The van der Waals surface area contributed by atoms with Gasteiger partial charge in [0.25, 0.3) is 5.56 Å². The van der Waals surface area contributed by atoms with E-state index in [0.717, 1.165) is 52.7 Å². The van der Waals surface area contributed by atoms with E-state index in [2.05, 4.69) is 5.32 Å². The van der Waals surface area contributed by atoms with Crippen LogP contribution in [0.1, 0.15) is 34.7 Å². The van der Waals surface area contributed by atoms with Crippen molar-refractivity contribution in [1.82, 2.24) is 14.5 Å². The van der Waals surface area contributed by atoms with Gasteiger partial charge in [0.1, 0.15) is 17.2 Å². The highest BCUT2D eigenvalue weighted by atomic mass is 32.1. The zero-order valence-electron chi connectivity index (χ0n) is 17.1. The molecule has 2 aromatic heterocycles. The van der Waals surface area contributed by atoms with E-state index >= 15 is 0 Å². The standard InChI is InChI=1S/C22H26N4O2S/c1-14-8-10-15(11-9-14)23-19(27)13-26-18(12-25(2)3)24-21-20(22(26)28)16-6-4-5-7-17(16)29-21/h8-11H,4-7,12-13H2,1-3H3,(H,23,27). The minimum Gasteiger partial charge on any atom is -0.325 e. The molecule has 0 radical (unpaired) electrons. The Hall–Kier alpha value is -2.51. The van der Waals surface area contributed by atoms with Gasteiger partial charge in [-0.05, 0) is 64.4 Å². The third kappa shape index (κ3) is 4.11. The summed E-state index contributed by atoms with van der Waals surface area (Å²) in [7, 11) is 3.87. The zero-order valence-corrected chi connectivity index (χ0v) is 17.9. The minimum atomic E-state index is -0.221. The second-order valence-corrected chi connectivity index (χ2v) is 9.05. The van der Waals surface area contributed by atoms with Crippen molar-refractivity contribution in [3.05, 3.63) is 56.4 Å². The van der Waals surface area contributed by atoms with Crippen LogP contribution in [0, 0.1) is 6.92 Å². The maximum Gasteiger partial charge on any atom is 0.263 e. The average Bonchev–Trinajstić information content (AvgIpc) is 3.04. The number of hydrogen-bond acceptors (Lipinski definition) is 5. The number of thiophene rings is 1. The first-order chi connectivity index (χ1) is 13.9. The molecule has 1 aromatic carbocycles. The van der Waals surface area contributed by atoms with Crippen molar-refractivity contribution in [1.29, 1.82) is 0 Å². The van der Waals surface area contributed by atoms with Crippen LogP contribution in [-0.4, -0.2) is 34.5 Å². The first-order valence-corrected chi connectivity index (χ1v) is 10.8. The SMILES string of the molecule is Cc1ccc(NC(=O)Cn2c(CN(C)C)nc3sc4c(c3c2=O)CCCC4)cc1. The predicted molar refractivity (Wildman–Crippen MR) is 118 cm³/mol. The van der Waals surface area contributed by atoms with Crippen LogP contribution in [0.2, 0.25) is 0 Å². The molecule has 0 spiro atoms. The maximum absolute atomic E-state index is 13.4. The van der Waals surface area contributed by atoms with Crippen LogP contribution in [-0.2, 0) is 30.7 Å². The fourth-order valence-corrected chi connectivity index (χ4v) is 5.10. The highest BCUT2D eigenvalue weighted by Gasteiger charge is 2.23. The number of fused-ring (bicyclic) bond motifs is 3. The van der Waals surface area contributed by atoms with Gasteiger partial charge in [0, 0.05) is 10.6 Å². The van der Waals surface area contributed by atoms with Crippen molar-refractivity contribution in [2.75, 3.05) is 19.4 Å². The third-order valence-corrected chi connectivity index (χ3v) is 6.43. The summed E-state index contributed by atoms with van der Waals surface area (Å²) in [4.78, 5) is 35.0. The van der Waals surface area contributed by atoms with Crippen LogP contribution in [0.4, 0.5) is 5.69 Å². The molecule has 29 heavy (non-hydrogen) atoms. The Morgan fingerprint density at radius 2 is 1.93 bits per heavy atom. The summed E-state index contributed by atoms with van der Waals surface area (Å²) in [6, 6.07) is 7.63. The number of hydrogen-bond donors (Lipinski definition) is 1. The number of aryl methyl sites for hydroxylation is 3. The smallest absolute Gasteiger partial charge is 0.263 e. The Labute approximate surface area is 174 Å². The van der Waals surface area contributed by atoms with Crippen LogP contribution in [0.15, 0.2) is 29.1 Å². The van der Waals surface area contributed by atoms with Crippen molar-refractivity contribution >= 4 is 33.1 Å². The van der Waals surface area contributed by atoms with Crippen LogP contribution >= 0.6 is 11.3 Å². The van der Waals surface area contributed by atoms with E-state index in [1.165, 1.54) is 4.88 Å². The molecule has 0 aliphatic heterocycles. The summed E-state index contributed by atoms with van der Waals surface area (Å²) in [5, 5.41) is 3.61. The molecule has 1 amide bonds. The van der Waals surface area contributed by atoms with Crippen LogP contribution in [0.5, 0.6) is 0 Å². The molecular weight excluding hydrogens is 384 g/mol. The first kappa shape index (κ1) is 19.8. The normalized spacial score (nSPS) is 13.7. The largest absolute Gasteiger partial charge is 0.325 e. The molecule has 3 aromatic rings. The number of nitrogens with zero attached hydrogens (tertiary/aromatic N) is 3. The van der Waals surface area contributed by atoms with E-state index in [1.807, 2.05) is 50.2 Å². The quantitative estimate of drug-likeness (QED) is 0.701. The summed E-state index contributed by atoms with van der Waals surface area (Å²) in [6.07, 6.45) is 4.21. The maximum atomic E-state index is 13.4. The zero-order chi connectivity index (χ0) is 20.5. The second kappa shape index (κ2) is 8.08. The second-order valence-electron chi connectivity index (χ2n) is 7.96. The van der Waals surface area contributed by atoms with E-state index < -0.39 is 0 Å².